The SMILES string of the molecule is CC1(C)CC(Nc2ncnc(NNC(=O)c3ccccn3)c2[N+](=O)[O-])CC(C)(C)N1. The Morgan fingerprint density at radius 2 is 1.80 bits per heavy atom. The number of rotatable bonds is 6. The molecule has 30 heavy (non-hydrogen) atoms. The summed E-state index contributed by atoms with van der Waals surface area (Å²) in [5, 5.41) is 18.5. The Hall–Kier alpha value is -3.34. The van der Waals surface area contributed by atoms with E-state index in [9.17, 15) is 14.9 Å². The molecule has 3 rings (SSSR count). The van der Waals surface area contributed by atoms with Gasteiger partial charge in [0.15, 0.2) is 0 Å². The average molecular weight is 414 g/mol. The summed E-state index contributed by atoms with van der Waals surface area (Å²) in [7, 11) is 0. The lowest BCUT2D eigenvalue weighted by molar-refractivity contribution is -0.383. The molecule has 1 amide bonds. The number of anilines is 2. The molecule has 2 aromatic rings. The van der Waals surface area contributed by atoms with Crippen LogP contribution in [0.1, 0.15) is 51.0 Å². The van der Waals surface area contributed by atoms with E-state index in [4.69, 9.17) is 0 Å². The van der Waals surface area contributed by atoms with Gasteiger partial charge in [0.1, 0.15) is 12.0 Å². The van der Waals surface area contributed by atoms with Crippen molar-refractivity contribution in [2.75, 3.05) is 10.7 Å². The van der Waals surface area contributed by atoms with Crippen LogP contribution in [0.2, 0.25) is 0 Å². The Morgan fingerprint density at radius 1 is 1.13 bits per heavy atom. The molecular weight excluding hydrogens is 388 g/mol. The molecule has 160 valence electrons. The van der Waals surface area contributed by atoms with E-state index in [1.54, 1.807) is 12.1 Å². The van der Waals surface area contributed by atoms with Crippen LogP contribution in [-0.2, 0) is 0 Å². The minimum Gasteiger partial charge on any atom is -0.361 e. The van der Waals surface area contributed by atoms with Crippen LogP contribution in [0.15, 0.2) is 30.7 Å². The molecule has 1 aliphatic heterocycles. The molecule has 1 saturated heterocycles. The Labute approximate surface area is 174 Å². The van der Waals surface area contributed by atoms with Crippen LogP contribution < -0.4 is 21.5 Å². The third kappa shape index (κ3) is 5.17. The molecule has 0 radical (unpaired) electrons. The summed E-state index contributed by atoms with van der Waals surface area (Å²) in [5.41, 5.74) is 4.45. The third-order valence-electron chi connectivity index (χ3n) is 4.73. The van der Waals surface area contributed by atoms with Crippen LogP contribution in [0, 0.1) is 10.1 Å². The van der Waals surface area contributed by atoms with Crippen molar-refractivity contribution >= 4 is 23.2 Å². The van der Waals surface area contributed by atoms with Crippen molar-refractivity contribution in [2.24, 2.45) is 0 Å². The topological polar surface area (TPSA) is 147 Å². The fourth-order valence-corrected chi connectivity index (χ4v) is 4.04. The Morgan fingerprint density at radius 3 is 2.40 bits per heavy atom. The van der Waals surface area contributed by atoms with E-state index in [-0.39, 0.29) is 40.1 Å². The highest BCUT2D eigenvalue weighted by Crippen LogP contribution is 2.34. The summed E-state index contributed by atoms with van der Waals surface area (Å²) < 4.78 is 0. The Balaban J connectivity index is 1.79. The molecule has 11 nitrogen and oxygen atoms in total. The normalized spacial score (nSPS) is 17.7. The zero-order valence-electron chi connectivity index (χ0n) is 17.4. The smallest absolute Gasteiger partial charge is 0.354 e. The number of carbonyl (C=O) groups is 1. The molecule has 4 N–H and O–H groups in total. The van der Waals surface area contributed by atoms with Gasteiger partial charge in [-0.2, -0.15) is 0 Å². The van der Waals surface area contributed by atoms with Crippen molar-refractivity contribution in [3.05, 3.63) is 46.5 Å². The first-order valence-corrected chi connectivity index (χ1v) is 9.59. The van der Waals surface area contributed by atoms with Gasteiger partial charge in [0.2, 0.25) is 11.6 Å². The fourth-order valence-electron chi connectivity index (χ4n) is 4.04. The lowest BCUT2D eigenvalue weighted by Gasteiger charge is -2.46. The highest BCUT2D eigenvalue weighted by atomic mass is 16.6. The molecule has 0 spiro atoms. The zero-order valence-corrected chi connectivity index (χ0v) is 17.4. The molecular formula is C19H26N8O3. The van der Waals surface area contributed by atoms with E-state index in [1.807, 2.05) is 0 Å². The Bertz CT molecular complexity index is 917. The van der Waals surface area contributed by atoms with Gasteiger partial charge >= 0.3 is 5.69 Å². The zero-order chi connectivity index (χ0) is 21.9. The molecule has 3 heterocycles. The minimum absolute atomic E-state index is 0.0270. The van der Waals surface area contributed by atoms with Crippen molar-refractivity contribution in [3.63, 3.8) is 0 Å². The summed E-state index contributed by atoms with van der Waals surface area (Å²) in [5.74, 6) is -0.558. The number of hydrogen-bond acceptors (Lipinski definition) is 9. The molecule has 0 bridgehead atoms. The number of carbonyl (C=O) groups excluding carboxylic acids is 1. The summed E-state index contributed by atoms with van der Waals surface area (Å²) in [6.45, 7) is 8.38. The number of pyridine rings is 1. The second kappa shape index (κ2) is 8.19. The van der Waals surface area contributed by atoms with Crippen LogP contribution in [0.5, 0.6) is 0 Å². The van der Waals surface area contributed by atoms with Gasteiger partial charge in [-0.05, 0) is 52.7 Å². The molecule has 2 aromatic heterocycles. The lowest BCUT2D eigenvalue weighted by Crippen LogP contribution is -2.60. The van der Waals surface area contributed by atoms with E-state index >= 15 is 0 Å². The van der Waals surface area contributed by atoms with Crippen molar-refractivity contribution in [3.8, 4) is 0 Å². The third-order valence-corrected chi connectivity index (χ3v) is 4.73. The molecule has 0 atom stereocenters. The highest BCUT2D eigenvalue weighted by Gasteiger charge is 2.38. The van der Waals surface area contributed by atoms with E-state index in [2.05, 4.69) is 64.1 Å². The van der Waals surface area contributed by atoms with E-state index in [0.717, 1.165) is 12.8 Å². The summed E-state index contributed by atoms with van der Waals surface area (Å²) >= 11 is 0. The maximum atomic E-state index is 12.2. The van der Waals surface area contributed by atoms with Crippen LogP contribution in [0.4, 0.5) is 17.3 Å². The van der Waals surface area contributed by atoms with Crippen LogP contribution in [0.25, 0.3) is 0 Å². The molecule has 1 aliphatic rings. The number of nitro groups is 1. The fraction of sp³-hybridized carbons (Fsp3) is 0.474. The summed E-state index contributed by atoms with van der Waals surface area (Å²) in [6.07, 6.45) is 4.21. The maximum absolute atomic E-state index is 12.2. The van der Waals surface area contributed by atoms with E-state index in [0.29, 0.717) is 0 Å². The lowest BCUT2D eigenvalue weighted by atomic mass is 9.79. The van der Waals surface area contributed by atoms with Crippen molar-refractivity contribution in [1.82, 2.24) is 25.7 Å². The van der Waals surface area contributed by atoms with Gasteiger partial charge in [-0.1, -0.05) is 6.07 Å². The van der Waals surface area contributed by atoms with E-state index < -0.39 is 10.8 Å². The van der Waals surface area contributed by atoms with Crippen LogP contribution in [-0.4, -0.2) is 42.9 Å². The van der Waals surface area contributed by atoms with Gasteiger partial charge < -0.3 is 10.6 Å². The molecule has 0 aliphatic carbocycles. The van der Waals surface area contributed by atoms with Gasteiger partial charge in [-0.3, -0.25) is 30.7 Å². The number of amides is 1. The number of hydrazine groups is 1. The second-order valence-corrected chi connectivity index (χ2v) is 8.61. The molecule has 1 fully saturated rings. The van der Waals surface area contributed by atoms with Crippen molar-refractivity contribution < 1.29 is 9.72 Å². The molecule has 0 saturated carbocycles. The van der Waals surface area contributed by atoms with Gasteiger partial charge in [-0.25, -0.2) is 9.97 Å². The molecule has 11 heteroatoms. The van der Waals surface area contributed by atoms with Gasteiger partial charge in [0, 0.05) is 23.3 Å². The number of piperidine rings is 1. The van der Waals surface area contributed by atoms with E-state index in [1.165, 1.54) is 18.6 Å². The highest BCUT2D eigenvalue weighted by molar-refractivity contribution is 5.93. The van der Waals surface area contributed by atoms with Gasteiger partial charge in [0.05, 0.1) is 4.92 Å². The quantitative estimate of drug-likeness (QED) is 0.413. The standard InChI is InChI=1S/C19H26N8O3/c1-18(2)9-12(10-19(3,4)26-18)23-15-14(27(29)30)16(22-11-21-15)24-25-17(28)13-7-5-6-8-20-13/h5-8,11-12,26H,9-10H2,1-4H3,(H,25,28)(H2,21,22,23,24). The minimum atomic E-state index is -0.574. The van der Waals surface area contributed by atoms with Crippen LogP contribution >= 0.6 is 0 Å². The Kier molecular flexibility index (Phi) is 5.83. The predicted molar refractivity (Wildman–Crippen MR) is 112 cm³/mol. The average Bonchev–Trinajstić information content (AvgIpc) is 2.64. The number of hydrogen-bond donors (Lipinski definition) is 4. The molecule has 0 aromatic carbocycles. The monoisotopic (exact) mass is 414 g/mol. The largest absolute Gasteiger partial charge is 0.361 e. The van der Waals surface area contributed by atoms with Gasteiger partial charge in [0.25, 0.3) is 5.91 Å². The van der Waals surface area contributed by atoms with Crippen molar-refractivity contribution in [2.45, 2.75) is 57.7 Å². The van der Waals surface area contributed by atoms with Crippen LogP contribution in [0.3, 0.4) is 0 Å². The predicted octanol–water partition coefficient (Wildman–Crippen LogP) is 2.26. The number of nitrogens with zero attached hydrogens (tertiary/aromatic N) is 4. The first kappa shape index (κ1) is 21.4. The van der Waals surface area contributed by atoms with Gasteiger partial charge in [-0.15, -0.1) is 0 Å². The second-order valence-electron chi connectivity index (χ2n) is 8.61. The number of nitrogens with one attached hydrogen (secondary N) is 4. The first-order valence-electron chi connectivity index (χ1n) is 9.59. The summed E-state index contributed by atoms with van der Waals surface area (Å²) in [4.78, 5) is 35.3. The van der Waals surface area contributed by atoms with Crippen molar-refractivity contribution in [1.29, 1.82) is 0 Å². The number of aromatic nitrogens is 3. The maximum Gasteiger partial charge on any atom is 0.354 e. The summed E-state index contributed by atoms with van der Waals surface area (Å²) in [6, 6.07) is 4.85. The first-order chi connectivity index (χ1) is 14.1. The molecule has 0 unspecified atom stereocenters.